The summed E-state index contributed by atoms with van der Waals surface area (Å²) in [6.07, 6.45) is -3.27. The average Bonchev–Trinajstić information content (AvgIpc) is 3.72. The number of carboxylic acids is 1. The van der Waals surface area contributed by atoms with Crippen molar-refractivity contribution in [3.8, 4) is 5.75 Å². The first-order chi connectivity index (χ1) is 19.1. The molecule has 2 amide bonds. The molecule has 1 aromatic rings. The molecule has 0 bridgehead atoms. The predicted octanol–water partition coefficient (Wildman–Crippen LogP) is 0.810. The lowest BCUT2D eigenvalue weighted by Crippen LogP contribution is -2.52. The van der Waals surface area contributed by atoms with Gasteiger partial charge >= 0.3 is 12.3 Å². The Balaban J connectivity index is 1.74. The molecule has 0 unspecified atom stereocenters. The van der Waals surface area contributed by atoms with Crippen LogP contribution in [0.15, 0.2) is 29.2 Å². The van der Waals surface area contributed by atoms with E-state index in [0.717, 1.165) is 37.1 Å². The lowest BCUT2D eigenvalue weighted by atomic mass is 9.98. The van der Waals surface area contributed by atoms with Gasteiger partial charge in [-0.25, -0.2) is 8.42 Å². The number of hydrogen-bond donors (Lipinski definition) is 5. The minimum Gasteiger partial charge on any atom is -0.481 e. The smallest absolute Gasteiger partial charge is 0.481 e. The molecular weight excluding hydrogens is 573 g/mol. The Kier molecular flexibility index (Phi) is 10.4. The minimum absolute atomic E-state index is 0.0293. The molecule has 1 aromatic carbocycles. The zero-order valence-corrected chi connectivity index (χ0v) is 22.8. The minimum atomic E-state index is -4.98. The van der Waals surface area contributed by atoms with E-state index in [2.05, 4.69) is 14.8 Å². The summed E-state index contributed by atoms with van der Waals surface area (Å²) in [5.41, 5.74) is 5.55. The predicted molar refractivity (Wildman–Crippen MR) is 138 cm³/mol. The highest BCUT2D eigenvalue weighted by Gasteiger charge is 2.38. The number of rotatable bonds is 13. The van der Waals surface area contributed by atoms with Crippen LogP contribution in [0.5, 0.6) is 5.75 Å². The number of halogens is 3. The molecule has 2 atom stereocenters. The summed E-state index contributed by atoms with van der Waals surface area (Å²) in [4.78, 5) is 39.9. The number of ether oxygens (including phenoxy) is 1. The second-order valence-electron chi connectivity index (χ2n) is 9.95. The summed E-state index contributed by atoms with van der Waals surface area (Å²) in [7, 11) is -4.51. The third-order valence-electron chi connectivity index (χ3n) is 6.64. The van der Waals surface area contributed by atoms with Crippen molar-refractivity contribution in [2.45, 2.75) is 61.9 Å². The maximum atomic E-state index is 13.5. The molecule has 1 aliphatic carbocycles. The number of piperidine rings is 1. The van der Waals surface area contributed by atoms with E-state index in [0.29, 0.717) is 25.9 Å². The molecule has 41 heavy (non-hydrogen) atoms. The van der Waals surface area contributed by atoms with E-state index >= 15 is 0 Å². The quantitative estimate of drug-likeness (QED) is 0.159. The molecular formula is C24H33F3N6O7S. The van der Waals surface area contributed by atoms with E-state index in [-0.39, 0.29) is 37.4 Å². The van der Waals surface area contributed by atoms with Crippen LogP contribution >= 0.6 is 0 Å². The van der Waals surface area contributed by atoms with Crippen LogP contribution in [0.3, 0.4) is 0 Å². The normalized spacial score (nSPS) is 18.3. The number of likely N-dealkylation sites (tertiary alicyclic amines) is 1. The third kappa shape index (κ3) is 10.1. The van der Waals surface area contributed by atoms with Crippen molar-refractivity contribution >= 4 is 33.8 Å². The Morgan fingerprint density at radius 1 is 1.20 bits per heavy atom. The van der Waals surface area contributed by atoms with Gasteiger partial charge in [-0.05, 0) is 55.9 Å². The fourth-order valence-corrected chi connectivity index (χ4v) is 5.69. The van der Waals surface area contributed by atoms with Crippen molar-refractivity contribution in [3.63, 3.8) is 0 Å². The molecule has 2 fully saturated rings. The molecule has 13 nitrogen and oxygen atoms in total. The number of hydrogen-bond acceptors (Lipinski definition) is 7. The van der Waals surface area contributed by atoms with Gasteiger partial charge in [0.15, 0.2) is 5.96 Å². The Morgan fingerprint density at radius 2 is 1.85 bits per heavy atom. The van der Waals surface area contributed by atoms with Gasteiger partial charge in [0, 0.05) is 32.2 Å². The molecule has 0 radical (unpaired) electrons. The summed E-state index contributed by atoms with van der Waals surface area (Å²) in [6.45, 7) is 1.07. The van der Waals surface area contributed by atoms with E-state index in [9.17, 15) is 36.0 Å². The van der Waals surface area contributed by atoms with Crippen LogP contribution in [-0.4, -0.2) is 91.7 Å². The van der Waals surface area contributed by atoms with Gasteiger partial charge in [-0.2, -0.15) is 4.72 Å². The van der Waals surface area contributed by atoms with E-state index in [1.807, 2.05) is 0 Å². The van der Waals surface area contributed by atoms with Crippen molar-refractivity contribution < 1.29 is 45.8 Å². The molecule has 6 N–H and O–H groups in total. The van der Waals surface area contributed by atoms with Crippen LogP contribution in [-0.2, 0) is 24.4 Å². The lowest BCUT2D eigenvalue weighted by molar-refractivity contribution is -0.274. The van der Waals surface area contributed by atoms with Gasteiger partial charge in [-0.3, -0.25) is 19.8 Å². The molecule has 1 saturated heterocycles. The molecule has 0 aromatic heterocycles. The number of sulfonamides is 1. The van der Waals surface area contributed by atoms with E-state index in [1.54, 1.807) is 4.90 Å². The molecule has 1 saturated carbocycles. The monoisotopic (exact) mass is 606 g/mol. The molecule has 17 heteroatoms. The first-order valence-electron chi connectivity index (χ1n) is 12.9. The van der Waals surface area contributed by atoms with Crippen LogP contribution in [0.4, 0.5) is 13.2 Å². The number of carbonyl (C=O) groups excluding carboxylic acids is 2. The van der Waals surface area contributed by atoms with Crippen LogP contribution < -0.4 is 20.5 Å². The molecule has 3 rings (SSSR count). The number of aliphatic carboxylic acids is 1. The Bertz CT molecular complexity index is 1230. The van der Waals surface area contributed by atoms with E-state index in [4.69, 9.17) is 16.2 Å². The van der Waals surface area contributed by atoms with Gasteiger partial charge in [0.25, 0.3) is 0 Å². The summed E-state index contributed by atoms with van der Waals surface area (Å²) >= 11 is 0. The van der Waals surface area contributed by atoms with Crippen LogP contribution in [0.25, 0.3) is 0 Å². The van der Waals surface area contributed by atoms with Crippen molar-refractivity contribution in [1.29, 1.82) is 5.41 Å². The maximum absolute atomic E-state index is 13.5. The summed E-state index contributed by atoms with van der Waals surface area (Å²) < 4.78 is 69.5. The number of guanidine groups is 1. The van der Waals surface area contributed by atoms with Crippen molar-refractivity contribution in [1.82, 2.24) is 19.8 Å². The fraction of sp³-hybridized carbons (Fsp3) is 0.583. The molecule has 2 aliphatic rings. The highest BCUT2D eigenvalue weighted by molar-refractivity contribution is 7.89. The number of benzene rings is 1. The summed E-state index contributed by atoms with van der Waals surface area (Å²) in [5, 5.41) is 19.4. The van der Waals surface area contributed by atoms with E-state index in [1.165, 1.54) is 4.90 Å². The highest BCUT2D eigenvalue weighted by Crippen LogP contribution is 2.29. The van der Waals surface area contributed by atoms with Gasteiger partial charge < -0.3 is 30.7 Å². The summed E-state index contributed by atoms with van der Waals surface area (Å²) in [6, 6.07) is 1.40. The maximum Gasteiger partial charge on any atom is 0.573 e. The molecule has 228 valence electrons. The molecule has 1 aliphatic heterocycles. The molecule has 1 heterocycles. The number of nitrogens with two attached hydrogens (primary N) is 1. The highest BCUT2D eigenvalue weighted by atomic mass is 32.2. The Hall–Kier alpha value is -3.60. The number of alkyl halides is 3. The first-order valence-corrected chi connectivity index (χ1v) is 14.4. The van der Waals surface area contributed by atoms with Crippen molar-refractivity contribution in [2.75, 3.05) is 26.2 Å². The van der Waals surface area contributed by atoms with Gasteiger partial charge in [0.1, 0.15) is 11.8 Å². The first kappa shape index (κ1) is 31.9. The molecule has 0 spiro atoms. The van der Waals surface area contributed by atoms with Crippen LogP contribution in [0, 0.1) is 11.3 Å². The van der Waals surface area contributed by atoms with Gasteiger partial charge in [0.05, 0.1) is 17.7 Å². The lowest BCUT2D eigenvalue weighted by Gasteiger charge is -2.33. The van der Waals surface area contributed by atoms with Gasteiger partial charge in [-0.1, -0.05) is 0 Å². The SMILES string of the molecule is N=C(N)N1CCC[C@@H](CNC(=O)C[C@H](NS(=O)(=O)c2ccc(OC(F)(F)F)cc2)C(=O)N(CCC(=O)O)C2CC2)C1. The number of carboxylic acid groups (broad SMARTS) is 1. The average molecular weight is 607 g/mol. The third-order valence-corrected chi connectivity index (χ3v) is 8.13. The van der Waals surface area contributed by atoms with Crippen molar-refractivity contribution in [2.24, 2.45) is 11.7 Å². The van der Waals surface area contributed by atoms with Gasteiger partial charge in [0.2, 0.25) is 21.8 Å². The summed E-state index contributed by atoms with van der Waals surface area (Å²) in [5.74, 6) is -3.35. The zero-order chi connectivity index (χ0) is 30.4. The van der Waals surface area contributed by atoms with Crippen molar-refractivity contribution in [3.05, 3.63) is 24.3 Å². The second-order valence-corrected chi connectivity index (χ2v) is 11.7. The van der Waals surface area contributed by atoms with Crippen LogP contribution in [0.2, 0.25) is 0 Å². The van der Waals surface area contributed by atoms with Crippen LogP contribution in [0.1, 0.15) is 38.5 Å². The largest absolute Gasteiger partial charge is 0.573 e. The number of carbonyl (C=O) groups is 3. The Labute approximate surface area is 234 Å². The zero-order valence-electron chi connectivity index (χ0n) is 22.0. The van der Waals surface area contributed by atoms with E-state index < -0.39 is 57.3 Å². The topological polar surface area (TPSA) is 195 Å². The number of nitrogens with zero attached hydrogens (tertiary/aromatic N) is 2. The second kappa shape index (κ2) is 13.4. The standard InChI is InChI=1S/C24H33F3N6O7S/c25-24(26,27)40-17-5-7-18(8-6-17)41(38,39)31-19(22(37)33(16-3-4-16)11-9-21(35)36)12-20(34)30-13-15-2-1-10-32(14-15)23(28)29/h5-8,15-16,19,31H,1-4,9-14H2,(H3,28,29)(H,30,34)(H,35,36)/t15-,19-/m0/s1. The number of amides is 2. The Morgan fingerprint density at radius 3 is 2.41 bits per heavy atom. The number of nitrogens with one attached hydrogen (secondary N) is 3. The fourth-order valence-electron chi connectivity index (χ4n) is 4.50. The van der Waals surface area contributed by atoms with Gasteiger partial charge in [-0.15, -0.1) is 13.2 Å².